The normalized spacial score (nSPS) is 11.2. The minimum atomic E-state index is -4.11. The Morgan fingerprint density at radius 2 is 2.19 bits per heavy atom. The second kappa shape index (κ2) is 5.49. The molecule has 0 unspecified atom stereocenters. The van der Waals surface area contributed by atoms with Crippen LogP contribution in [0.1, 0.15) is 10.5 Å². The van der Waals surface area contributed by atoms with E-state index in [1.54, 1.807) is 0 Å². The smallest absolute Gasteiger partial charge is 0.356 e. The van der Waals surface area contributed by atoms with Gasteiger partial charge in [-0.05, 0) is 0 Å². The number of nitrogens with one attached hydrogen (secondary N) is 1. The number of carbonyl (C=O) groups excluding carboxylic acids is 1. The number of carboxylic acid groups (broad SMARTS) is 1. The van der Waals surface area contributed by atoms with E-state index >= 15 is 0 Å². The van der Waals surface area contributed by atoms with E-state index in [2.05, 4.69) is 14.8 Å². The Morgan fingerprint density at radius 1 is 1.48 bits per heavy atom. The molecule has 0 radical (unpaired) electrons. The number of anilines is 1. The molecular formula is C9H9N5O5S2. The number of carbonyl (C=O) groups is 2. The van der Waals surface area contributed by atoms with Crippen LogP contribution in [-0.4, -0.2) is 40.2 Å². The van der Waals surface area contributed by atoms with Gasteiger partial charge in [-0.25, -0.2) is 18.2 Å². The lowest BCUT2D eigenvalue weighted by atomic mass is 10.5. The first-order valence-electron chi connectivity index (χ1n) is 5.30. The molecule has 21 heavy (non-hydrogen) atoms. The van der Waals surface area contributed by atoms with Gasteiger partial charge in [-0.15, -0.1) is 11.3 Å². The van der Waals surface area contributed by atoms with Gasteiger partial charge in [-0.2, -0.15) is 5.10 Å². The van der Waals surface area contributed by atoms with Crippen molar-refractivity contribution in [3.05, 3.63) is 23.6 Å². The van der Waals surface area contributed by atoms with E-state index in [0.717, 1.165) is 10.2 Å². The van der Waals surface area contributed by atoms with Gasteiger partial charge in [0.2, 0.25) is 5.91 Å². The van der Waals surface area contributed by atoms with Crippen LogP contribution in [0.2, 0.25) is 0 Å². The van der Waals surface area contributed by atoms with Crippen molar-refractivity contribution in [2.75, 3.05) is 4.72 Å². The van der Waals surface area contributed by atoms with Crippen LogP contribution in [0.3, 0.4) is 0 Å². The quantitative estimate of drug-likeness (QED) is 0.633. The van der Waals surface area contributed by atoms with Crippen LogP contribution >= 0.6 is 11.3 Å². The minimum absolute atomic E-state index is 0.0704. The number of aromatic nitrogens is 3. The topological polar surface area (TPSA) is 157 Å². The number of sulfonamides is 1. The van der Waals surface area contributed by atoms with Crippen molar-refractivity contribution < 1.29 is 23.1 Å². The Labute approximate surface area is 122 Å². The highest BCUT2D eigenvalue weighted by Crippen LogP contribution is 2.22. The van der Waals surface area contributed by atoms with Crippen LogP contribution in [0.25, 0.3) is 0 Å². The van der Waals surface area contributed by atoms with E-state index in [-0.39, 0.29) is 12.2 Å². The van der Waals surface area contributed by atoms with Crippen LogP contribution in [0.5, 0.6) is 0 Å². The molecular weight excluding hydrogens is 322 g/mol. The Hall–Kier alpha value is -2.47. The molecule has 112 valence electrons. The first-order chi connectivity index (χ1) is 9.79. The summed E-state index contributed by atoms with van der Waals surface area (Å²) in [4.78, 5) is 25.1. The fourth-order valence-corrected chi connectivity index (χ4v) is 3.60. The molecule has 1 amide bonds. The first-order valence-corrected chi connectivity index (χ1v) is 7.66. The third-order valence-electron chi connectivity index (χ3n) is 2.18. The Balaban J connectivity index is 2.25. The van der Waals surface area contributed by atoms with E-state index in [0.29, 0.717) is 11.3 Å². The molecule has 12 heteroatoms. The number of hydrogen-bond acceptors (Lipinski definition) is 7. The van der Waals surface area contributed by atoms with Crippen LogP contribution in [0, 0.1) is 0 Å². The predicted molar refractivity (Wildman–Crippen MR) is 71.3 cm³/mol. The molecule has 2 aromatic heterocycles. The fraction of sp³-hybridized carbons (Fsp3) is 0.111. The summed E-state index contributed by atoms with van der Waals surface area (Å²) in [6.45, 7) is -0.206. The van der Waals surface area contributed by atoms with Crippen molar-refractivity contribution in [3.63, 3.8) is 0 Å². The third-order valence-corrected chi connectivity index (χ3v) is 4.94. The number of nitrogens with zero attached hydrogens (tertiary/aromatic N) is 3. The van der Waals surface area contributed by atoms with E-state index < -0.39 is 31.8 Å². The van der Waals surface area contributed by atoms with Crippen molar-refractivity contribution in [1.82, 2.24) is 14.8 Å². The summed E-state index contributed by atoms with van der Waals surface area (Å²) in [5.74, 6) is -2.08. The zero-order chi connectivity index (χ0) is 15.6. The van der Waals surface area contributed by atoms with E-state index in [1.165, 1.54) is 12.4 Å². The number of primary amides is 1. The van der Waals surface area contributed by atoms with Gasteiger partial charge < -0.3 is 10.8 Å². The number of aromatic carboxylic acids is 1. The molecule has 0 aliphatic carbocycles. The monoisotopic (exact) mass is 331 g/mol. The summed E-state index contributed by atoms with van der Waals surface area (Å²) in [6.07, 6.45) is 2.42. The molecule has 2 aromatic rings. The zero-order valence-electron chi connectivity index (χ0n) is 10.3. The fourth-order valence-electron chi connectivity index (χ4n) is 1.43. The van der Waals surface area contributed by atoms with Gasteiger partial charge in [0.15, 0.2) is 9.90 Å². The third kappa shape index (κ3) is 3.35. The average Bonchev–Trinajstić information content (AvgIpc) is 2.96. The van der Waals surface area contributed by atoms with Crippen LogP contribution in [0.4, 0.5) is 5.69 Å². The lowest BCUT2D eigenvalue weighted by molar-refractivity contribution is -0.118. The molecule has 0 aromatic carbocycles. The van der Waals surface area contributed by atoms with Crippen molar-refractivity contribution >= 4 is 38.9 Å². The zero-order valence-corrected chi connectivity index (χ0v) is 11.9. The summed E-state index contributed by atoms with van der Waals surface area (Å²) >= 11 is 0.678. The molecule has 0 atom stereocenters. The number of hydrogen-bond donors (Lipinski definition) is 3. The van der Waals surface area contributed by atoms with Crippen molar-refractivity contribution in [2.24, 2.45) is 5.73 Å². The number of thiazole rings is 1. The lowest BCUT2D eigenvalue weighted by Gasteiger charge is -2.03. The van der Waals surface area contributed by atoms with Gasteiger partial charge in [-0.3, -0.25) is 14.2 Å². The first kappa shape index (κ1) is 14.9. The van der Waals surface area contributed by atoms with Crippen molar-refractivity contribution in [2.45, 2.75) is 10.8 Å². The maximum atomic E-state index is 12.1. The van der Waals surface area contributed by atoms with E-state index in [1.807, 2.05) is 0 Å². The Morgan fingerprint density at radius 3 is 2.81 bits per heavy atom. The minimum Gasteiger partial charge on any atom is -0.476 e. The van der Waals surface area contributed by atoms with Crippen molar-refractivity contribution in [3.8, 4) is 0 Å². The second-order valence-corrected chi connectivity index (χ2v) is 6.52. The van der Waals surface area contributed by atoms with Gasteiger partial charge in [0.05, 0.1) is 17.4 Å². The van der Waals surface area contributed by atoms with Crippen LogP contribution < -0.4 is 10.5 Å². The van der Waals surface area contributed by atoms with Gasteiger partial charge in [0, 0.05) is 6.20 Å². The molecule has 0 aliphatic rings. The molecule has 0 fully saturated rings. The number of nitrogens with two attached hydrogens (primary N) is 1. The molecule has 0 spiro atoms. The maximum absolute atomic E-state index is 12.1. The molecule has 0 saturated carbocycles. The highest BCUT2D eigenvalue weighted by atomic mass is 32.2. The summed E-state index contributed by atoms with van der Waals surface area (Å²) in [5.41, 5.74) is 5.61. The molecule has 2 heterocycles. The van der Waals surface area contributed by atoms with E-state index in [4.69, 9.17) is 10.8 Å². The van der Waals surface area contributed by atoms with Gasteiger partial charge >= 0.3 is 5.97 Å². The molecule has 10 nitrogen and oxygen atoms in total. The molecule has 4 N–H and O–H groups in total. The van der Waals surface area contributed by atoms with Crippen LogP contribution in [-0.2, 0) is 21.4 Å². The number of carboxylic acids is 1. The summed E-state index contributed by atoms with van der Waals surface area (Å²) in [5, 5.41) is 12.6. The molecule has 0 bridgehead atoms. The largest absolute Gasteiger partial charge is 0.476 e. The standard InChI is InChI=1S/C9H9N5O5S2/c10-6(15)3-14-2-5(1-12-14)13-21(18,19)9-7(8(16)17)11-4-20-9/h1-2,4,13H,3H2,(H2,10,15)(H,16,17). The summed E-state index contributed by atoms with van der Waals surface area (Å²) < 4.78 is 27.1. The SMILES string of the molecule is NC(=O)Cn1cc(NS(=O)(=O)c2scnc2C(=O)O)cn1. The number of rotatable bonds is 6. The molecule has 0 saturated heterocycles. The summed E-state index contributed by atoms with van der Waals surface area (Å²) in [7, 11) is -4.11. The second-order valence-electron chi connectivity index (χ2n) is 3.79. The van der Waals surface area contributed by atoms with Crippen molar-refractivity contribution in [1.29, 1.82) is 0 Å². The van der Waals surface area contributed by atoms with Gasteiger partial charge in [0.1, 0.15) is 6.54 Å². The maximum Gasteiger partial charge on any atom is 0.356 e. The Bertz CT molecular complexity index is 793. The lowest BCUT2D eigenvalue weighted by Crippen LogP contribution is -2.19. The number of amides is 1. The Kier molecular flexibility index (Phi) is 3.90. The highest BCUT2D eigenvalue weighted by molar-refractivity contribution is 7.94. The predicted octanol–water partition coefficient (Wildman–Crippen LogP) is -0.676. The molecule has 2 rings (SSSR count). The molecule has 0 aliphatic heterocycles. The highest BCUT2D eigenvalue weighted by Gasteiger charge is 2.26. The van der Waals surface area contributed by atoms with Gasteiger partial charge in [-0.1, -0.05) is 0 Å². The van der Waals surface area contributed by atoms with E-state index in [9.17, 15) is 18.0 Å². The average molecular weight is 331 g/mol. The van der Waals surface area contributed by atoms with Crippen LogP contribution in [0.15, 0.2) is 22.1 Å². The van der Waals surface area contributed by atoms with Gasteiger partial charge in [0.25, 0.3) is 10.0 Å². The summed E-state index contributed by atoms with van der Waals surface area (Å²) in [6, 6.07) is 0.